The number of nitrogens with two attached hydrogens (primary N) is 1. The monoisotopic (exact) mass is 270 g/mol. The lowest BCUT2D eigenvalue weighted by Crippen LogP contribution is -2.45. The Kier molecular flexibility index (Phi) is 4.53. The van der Waals surface area contributed by atoms with E-state index < -0.39 is 0 Å². The average Bonchev–Trinajstić information content (AvgIpc) is 2.64. The number of thiophene rings is 1. The van der Waals surface area contributed by atoms with E-state index in [1.54, 1.807) is 0 Å². The van der Waals surface area contributed by atoms with Gasteiger partial charge in [0.05, 0.1) is 6.04 Å². The second-order valence-electron chi connectivity index (χ2n) is 4.93. The Hall–Kier alpha value is -0.0300. The van der Waals surface area contributed by atoms with E-state index in [2.05, 4.69) is 49.6 Å². The SMILES string of the molecule is Cc1ccc(C(C(C)N)N2CCSC(C)C2)s1. The molecular formula is C13H22N2S2. The normalized spacial score (nSPS) is 25.8. The molecule has 1 fully saturated rings. The first kappa shape index (κ1) is 13.4. The lowest BCUT2D eigenvalue weighted by atomic mass is 10.1. The number of hydrogen-bond donors (Lipinski definition) is 1. The molecule has 3 unspecified atom stereocenters. The van der Waals surface area contributed by atoms with Gasteiger partial charge in [-0.2, -0.15) is 11.8 Å². The zero-order valence-corrected chi connectivity index (χ0v) is 12.5. The van der Waals surface area contributed by atoms with Gasteiger partial charge in [-0.15, -0.1) is 11.3 Å². The molecule has 0 saturated carbocycles. The molecule has 2 N–H and O–H groups in total. The van der Waals surface area contributed by atoms with Gasteiger partial charge in [0, 0.05) is 39.9 Å². The predicted octanol–water partition coefficient (Wildman–Crippen LogP) is 2.88. The number of hydrogen-bond acceptors (Lipinski definition) is 4. The average molecular weight is 270 g/mol. The minimum atomic E-state index is 0.198. The molecule has 3 atom stereocenters. The van der Waals surface area contributed by atoms with Gasteiger partial charge >= 0.3 is 0 Å². The van der Waals surface area contributed by atoms with Gasteiger partial charge in [0.1, 0.15) is 0 Å². The van der Waals surface area contributed by atoms with Crippen molar-refractivity contribution in [2.24, 2.45) is 5.73 Å². The maximum Gasteiger partial charge on any atom is 0.0591 e. The van der Waals surface area contributed by atoms with Crippen molar-refractivity contribution in [2.75, 3.05) is 18.8 Å². The molecule has 2 nitrogen and oxygen atoms in total. The molecule has 2 rings (SSSR count). The van der Waals surface area contributed by atoms with Gasteiger partial charge in [-0.25, -0.2) is 0 Å². The Balaban J connectivity index is 2.17. The van der Waals surface area contributed by atoms with Crippen molar-refractivity contribution in [2.45, 2.75) is 38.1 Å². The van der Waals surface area contributed by atoms with Crippen molar-refractivity contribution in [3.8, 4) is 0 Å². The first-order valence-electron chi connectivity index (χ1n) is 6.25. The zero-order valence-electron chi connectivity index (χ0n) is 10.8. The minimum absolute atomic E-state index is 0.198. The molecule has 1 aliphatic heterocycles. The second kappa shape index (κ2) is 5.74. The number of nitrogens with zero attached hydrogens (tertiary/aromatic N) is 1. The summed E-state index contributed by atoms with van der Waals surface area (Å²) in [6, 6.07) is 5.05. The molecular weight excluding hydrogens is 248 g/mol. The molecule has 4 heteroatoms. The summed E-state index contributed by atoms with van der Waals surface area (Å²) in [5.41, 5.74) is 6.21. The van der Waals surface area contributed by atoms with Crippen molar-refractivity contribution in [3.05, 3.63) is 21.9 Å². The first-order chi connectivity index (χ1) is 8.08. The van der Waals surface area contributed by atoms with E-state index in [0.29, 0.717) is 6.04 Å². The zero-order chi connectivity index (χ0) is 12.4. The van der Waals surface area contributed by atoms with E-state index in [4.69, 9.17) is 5.73 Å². The van der Waals surface area contributed by atoms with Gasteiger partial charge < -0.3 is 5.73 Å². The van der Waals surface area contributed by atoms with Crippen molar-refractivity contribution < 1.29 is 0 Å². The Bertz CT molecular complexity index is 362. The third-order valence-corrected chi connectivity index (χ3v) is 5.42. The maximum absolute atomic E-state index is 6.21. The van der Waals surface area contributed by atoms with Gasteiger partial charge in [0.2, 0.25) is 0 Å². The maximum atomic E-state index is 6.21. The molecule has 1 aromatic rings. The molecule has 1 aliphatic rings. The van der Waals surface area contributed by atoms with Gasteiger partial charge in [-0.1, -0.05) is 6.92 Å². The van der Waals surface area contributed by atoms with Crippen LogP contribution in [0.4, 0.5) is 0 Å². The standard InChI is InChI=1S/C13H22N2S2/c1-9-4-5-12(17-9)13(11(3)14)15-6-7-16-10(2)8-15/h4-5,10-11,13H,6-8,14H2,1-3H3. The molecule has 0 amide bonds. The molecule has 0 radical (unpaired) electrons. The summed E-state index contributed by atoms with van der Waals surface area (Å²) >= 11 is 3.96. The molecule has 0 spiro atoms. The summed E-state index contributed by atoms with van der Waals surface area (Å²) in [6.45, 7) is 8.94. The third kappa shape index (κ3) is 3.25. The quantitative estimate of drug-likeness (QED) is 0.916. The Labute approximate surface area is 113 Å². The summed E-state index contributed by atoms with van der Waals surface area (Å²) in [4.78, 5) is 5.37. The van der Waals surface area contributed by atoms with Crippen LogP contribution in [0.5, 0.6) is 0 Å². The number of rotatable bonds is 3. The fourth-order valence-electron chi connectivity index (χ4n) is 2.48. The molecule has 0 aliphatic carbocycles. The van der Waals surface area contributed by atoms with E-state index in [9.17, 15) is 0 Å². The highest BCUT2D eigenvalue weighted by molar-refractivity contribution is 7.99. The van der Waals surface area contributed by atoms with E-state index in [-0.39, 0.29) is 6.04 Å². The van der Waals surface area contributed by atoms with Crippen LogP contribution in [-0.4, -0.2) is 35.0 Å². The Morgan fingerprint density at radius 3 is 2.76 bits per heavy atom. The van der Waals surface area contributed by atoms with Crippen LogP contribution < -0.4 is 5.73 Å². The fraction of sp³-hybridized carbons (Fsp3) is 0.692. The minimum Gasteiger partial charge on any atom is -0.326 e. The number of aryl methyl sites for hydroxylation is 1. The molecule has 96 valence electrons. The number of thioether (sulfide) groups is 1. The largest absolute Gasteiger partial charge is 0.326 e. The Morgan fingerprint density at radius 2 is 2.24 bits per heavy atom. The van der Waals surface area contributed by atoms with Gasteiger partial charge in [-0.3, -0.25) is 4.90 Å². The fourth-order valence-corrected chi connectivity index (χ4v) is 4.65. The first-order valence-corrected chi connectivity index (χ1v) is 8.12. The van der Waals surface area contributed by atoms with E-state index in [0.717, 1.165) is 18.3 Å². The highest BCUT2D eigenvalue weighted by Gasteiger charge is 2.28. The summed E-state index contributed by atoms with van der Waals surface area (Å²) in [6.07, 6.45) is 0. The summed E-state index contributed by atoms with van der Waals surface area (Å²) in [7, 11) is 0. The lowest BCUT2D eigenvalue weighted by Gasteiger charge is -2.38. The van der Waals surface area contributed by atoms with E-state index >= 15 is 0 Å². The van der Waals surface area contributed by atoms with Crippen LogP contribution >= 0.6 is 23.1 Å². The van der Waals surface area contributed by atoms with Crippen LogP contribution in [0.1, 0.15) is 29.6 Å². The van der Waals surface area contributed by atoms with Crippen molar-refractivity contribution in [3.63, 3.8) is 0 Å². The highest BCUT2D eigenvalue weighted by atomic mass is 32.2. The van der Waals surface area contributed by atoms with Crippen LogP contribution in [0, 0.1) is 6.92 Å². The third-order valence-electron chi connectivity index (χ3n) is 3.22. The summed E-state index contributed by atoms with van der Waals surface area (Å²) in [5.74, 6) is 1.23. The molecule has 1 saturated heterocycles. The molecule has 1 aromatic heterocycles. The van der Waals surface area contributed by atoms with Crippen LogP contribution in [0.2, 0.25) is 0 Å². The Morgan fingerprint density at radius 1 is 1.47 bits per heavy atom. The van der Waals surface area contributed by atoms with Crippen LogP contribution in [0.15, 0.2) is 12.1 Å². The predicted molar refractivity (Wildman–Crippen MR) is 78.9 cm³/mol. The molecule has 2 heterocycles. The van der Waals surface area contributed by atoms with E-state index in [1.807, 2.05) is 11.3 Å². The van der Waals surface area contributed by atoms with Crippen LogP contribution in [0.25, 0.3) is 0 Å². The molecule has 0 aromatic carbocycles. The van der Waals surface area contributed by atoms with Gasteiger partial charge in [-0.05, 0) is 26.0 Å². The topological polar surface area (TPSA) is 29.3 Å². The highest BCUT2D eigenvalue weighted by Crippen LogP contribution is 2.32. The van der Waals surface area contributed by atoms with Crippen molar-refractivity contribution >= 4 is 23.1 Å². The van der Waals surface area contributed by atoms with Crippen molar-refractivity contribution in [1.29, 1.82) is 0 Å². The summed E-state index contributed by atoms with van der Waals surface area (Å²) in [5, 5.41) is 0.728. The van der Waals surface area contributed by atoms with Crippen LogP contribution in [-0.2, 0) is 0 Å². The van der Waals surface area contributed by atoms with Crippen molar-refractivity contribution in [1.82, 2.24) is 4.90 Å². The summed E-state index contributed by atoms with van der Waals surface area (Å²) < 4.78 is 0. The van der Waals surface area contributed by atoms with Gasteiger partial charge in [0.15, 0.2) is 0 Å². The molecule has 0 bridgehead atoms. The second-order valence-corrected chi connectivity index (χ2v) is 7.79. The van der Waals surface area contributed by atoms with E-state index in [1.165, 1.54) is 15.5 Å². The van der Waals surface area contributed by atoms with Gasteiger partial charge in [0.25, 0.3) is 0 Å². The van der Waals surface area contributed by atoms with Crippen LogP contribution in [0.3, 0.4) is 0 Å². The smallest absolute Gasteiger partial charge is 0.0591 e. The lowest BCUT2D eigenvalue weighted by molar-refractivity contribution is 0.187. The molecule has 17 heavy (non-hydrogen) atoms.